The zero-order chi connectivity index (χ0) is 20.2. The number of cyclic esters (lactones) is 1. The minimum atomic E-state index is -0.387. The Bertz CT molecular complexity index is 907. The van der Waals surface area contributed by atoms with Gasteiger partial charge in [0, 0.05) is 30.5 Å². The second-order valence-electron chi connectivity index (χ2n) is 7.15. The van der Waals surface area contributed by atoms with E-state index < -0.39 is 0 Å². The van der Waals surface area contributed by atoms with Crippen LogP contribution in [-0.2, 0) is 4.74 Å². The fourth-order valence-corrected chi connectivity index (χ4v) is 3.75. The number of benzene rings is 2. The molecule has 2 aliphatic heterocycles. The molecule has 29 heavy (non-hydrogen) atoms. The van der Waals surface area contributed by atoms with E-state index in [-0.39, 0.29) is 24.0 Å². The maximum atomic E-state index is 14.1. The van der Waals surface area contributed by atoms with Crippen LogP contribution in [0.2, 0.25) is 0 Å². The Kier molecular flexibility index (Phi) is 5.50. The molecule has 0 aromatic heterocycles. The third kappa shape index (κ3) is 4.42. The average molecular weight is 398 g/mol. The minimum absolute atomic E-state index is 0.0832. The van der Waals surface area contributed by atoms with E-state index in [9.17, 15) is 14.0 Å². The number of para-hydroxylation sites is 1. The molecule has 1 atom stereocenters. The van der Waals surface area contributed by atoms with Crippen LogP contribution in [0.25, 0.3) is 0 Å². The number of hydrogen-bond acceptors (Lipinski definition) is 4. The Morgan fingerprint density at radius 1 is 1.14 bits per heavy atom. The van der Waals surface area contributed by atoms with E-state index in [0.29, 0.717) is 36.8 Å². The van der Waals surface area contributed by atoms with Crippen LogP contribution >= 0.6 is 0 Å². The van der Waals surface area contributed by atoms with Crippen molar-refractivity contribution in [2.24, 2.45) is 0 Å². The van der Waals surface area contributed by atoms with Gasteiger partial charge in [-0.3, -0.25) is 4.90 Å². The quantitative estimate of drug-likeness (QED) is 0.826. The third-order valence-electron chi connectivity index (χ3n) is 5.13. The van der Waals surface area contributed by atoms with Crippen LogP contribution in [0.15, 0.2) is 48.5 Å². The molecule has 7 nitrogen and oxygen atoms in total. The van der Waals surface area contributed by atoms with Gasteiger partial charge >= 0.3 is 12.1 Å². The lowest BCUT2D eigenvalue weighted by molar-refractivity contribution is 0.181. The summed E-state index contributed by atoms with van der Waals surface area (Å²) in [5.41, 5.74) is 1.82. The van der Waals surface area contributed by atoms with Gasteiger partial charge in [0.05, 0.1) is 12.2 Å². The average Bonchev–Trinajstić information content (AvgIpc) is 3.14. The van der Waals surface area contributed by atoms with E-state index in [4.69, 9.17) is 4.74 Å². The summed E-state index contributed by atoms with van der Waals surface area (Å²) in [6.07, 6.45) is 1.31. The Morgan fingerprint density at radius 2 is 2.00 bits per heavy atom. The van der Waals surface area contributed by atoms with Crippen molar-refractivity contribution >= 4 is 29.2 Å². The van der Waals surface area contributed by atoms with Crippen molar-refractivity contribution in [2.75, 3.05) is 41.4 Å². The van der Waals surface area contributed by atoms with Gasteiger partial charge in [-0.15, -0.1) is 0 Å². The first-order valence-electron chi connectivity index (χ1n) is 9.71. The van der Waals surface area contributed by atoms with Crippen molar-refractivity contribution < 1.29 is 18.7 Å². The molecule has 8 heteroatoms. The second-order valence-corrected chi connectivity index (χ2v) is 7.15. The number of hydrogen-bond donors (Lipinski definition) is 2. The summed E-state index contributed by atoms with van der Waals surface area (Å²) in [6.45, 7) is 2.16. The molecule has 0 spiro atoms. The van der Waals surface area contributed by atoms with Gasteiger partial charge in [-0.25, -0.2) is 14.0 Å². The number of amides is 3. The molecule has 2 saturated heterocycles. The summed E-state index contributed by atoms with van der Waals surface area (Å²) in [5.74, 6) is -0.255. The molecular weight excluding hydrogens is 375 g/mol. The predicted molar refractivity (Wildman–Crippen MR) is 109 cm³/mol. The molecule has 152 valence electrons. The van der Waals surface area contributed by atoms with Crippen molar-refractivity contribution in [3.63, 3.8) is 0 Å². The Balaban J connectivity index is 1.36. The fraction of sp³-hybridized carbons (Fsp3) is 0.333. The number of nitrogens with one attached hydrogen (secondary N) is 2. The molecule has 2 N–H and O–H groups in total. The SMILES string of the molecule is O=C(Nc1cccc(N2CCOC2=O)c1)NC1CCCN(c2ccccc2F)C1. The zero-order valence-corrected chi connectivity index (χ0v) is 15.9. The monoisotopic (exact) mass is 398 g/mol. The second kappa shape index (κ2) is 8.38. The number of carbonyl (C=O) groups is 2. The maximum absolute atomic E-state index is 14.1. The molecule has 0 radical (unpaired) electrons. The van der Waals surface area contributed by atoms with Crippen LogP contribution in [0.4, 0.5) is 31.0 Å². The third-order valence-corrected chi connectivity index (χ3v) is 5.13. The standard InChI is InChI=1S/C21H23FN4O3/c22-18-8-1-2-9-19(18)25-10-4-6-16(14-25)24-20(27)23-15-5-3-7-17(13-15)26-11-12-29-21(26)28/h1-3,5,7-9,13,16H,4,6,10-12,14H2,(H2,23,24,27). The van der Waals surface area contributed by atoms with Gasteiger partial charge in [0.15, 0.2) is 0 Å². The number of carbonyl (C=O) groups excluding carboxylic acids is 2. The molecule has 3 amide bonds. The van der Waals surface area contributed by atoms with Crippen molar-refractivity contribution in [3.8, 4) is 0 Å². The minimum Gasteiger partial charge on any atom is -0.447 e. The molecule has 2 aromatic rings. The van der Waals surface area contributed by atoms with Crippen molar-refractivity contribution in [1.82, 2.24) is 5.32 Å². The molecule has 2 fully saturated rings. The molecule has 2 aromatic carbocycles. The van der Waals surface area contributed by atoms with Crippen LogP contribution in [-0.4, -0.2) is 44.4 Å². The number of nitrogens with zero attached hydrogens (tertiary/aromatic N) is 2. The van der Waals surface area contributed by atoms with Gasteiger partial charge in [0.25, 0.3) is 0 Å². The highest BCUT2D eigenvalue weighted by Gasteiger charge is 2.25. The summed E-state index contributed by atoms with van der Waals surface area (Å²) in [4.78, 5) is 27.7. The fourth-order valence-electron chi connectivity index (χ4n) is 3.75. The van der Waals surface area contributed by atoms with Crippen molar-refractivity contribution in [3.05, 3.63) is 54.3 Å². The smallest absolute Gasteiger partial charge is 0.414 e. The zero-order valence-electron chi connectivity index (χ0n) is 15.9. The van der Waals surface area contributed by atoms with E-state index in [0.717, 1.165) is 19.4 Å². The highest BCUT2D eigenvalue weighted by atomic mass is 19.1. The Hall–Kier alpha value is -3.29. The summed E-state index contributed by atoms with van der Waals surface area (Å²) in [7, 11) is 0. The normalized spacial score (nSPS) is 19.1. The number of urea groups is 1. The van der Waals surface area contributed by atoms with Crippen molar-refractivity contribution in [2.45, 2.75) is 18.9 Å². The number of piperidine rings is 1. The topological polar surface area (TPSA) is 73.9 Å². The van der Waals surface area contributed by atoms with Crippen LogP contribution in [0.1, 0.15) is 12.8 Å². The van der Waals surface area contributed by atoms with E-state index in [1.807, 2.05) is 11.0 Å². The Morgan fingerprint density at radius 3 is 2.79 bits per heavy atom. The van der Waals surface area contributed by atoms with Gasteiger partial charge in [-0.05, 0) is 43.2 Å². The number of rotatable bonds is 4. The lowest BCUT2D eigenvalue weighted by atomic mass is 10.0. The van der Waals surface area contributed by atoms with E-state index in [1.165, 1.54) is 11.0 Å². The van der Waals surface area contributed by atoms with Crippen LogP contribution in [0.5, 0.6) is 0 Å². The molecular formula is C21H23FN4O3. The van der Waals surface area contributed by atoms with Crippen LogP contribution in [0, 0.1) is 5.82 Å². The summed E-state index contributed by atoms with van der Waals surface area (Å²) in [6, 6.07) is 13.3. The number of anilines is 3. The van der Waals surface area contributed by atoms with Gasteiger partial charge < -0.3 is 20.3 Å². The maximum Gasteiger partial charge on any atom is 0.414 e. The summed E-state index contributed by atoms with van der Waals surface area (Å²) < 4.78 is 19.0. The van der Waals surface area contributed by atoms with Crippen LogP contribution < -0.4 is 20.4 Å². The first-order valence-corrected chi connectivity index (χ1v) is 9.71. The number of ether oxygens (including phenoxy) is 1. The Labute approximate surface area is 168 Å². The lowest BCUT2D eigenvalue weighted by Gasteiger charge is -2.34. The molecule has 2 aliphatic rings. The highest BCUT2D eigenvalue weighted by molar-refractivity contribution is 5.93. The summed E-state index contributed by atoms with van der Waals surface area (Å²) >= 11 is 0. The van der Waals surface area contributed by atoms with E-state index in [1.54, 1.807) is 36.4 Å². The lowest BCUT2D eigenvalue weighted by Crippen LogP contribution is -2.49. The van der Waals surface area contributed by atoms with Crippen molar-refractivity contribution in [1.29, 1.82) is 0 Å². The molecule has 0 saturated carbocycles. The molecule has 1 unspecified atom stereocenters. The van der Waals surface area contributed by atoms with Gasteiger partial charge in [-0.2, -0.15) is 0 Å². The first kappa shape index (κ1) is 19.0. The summed E-state index contributed by atoms with van der Waals surface area (Å²) in [5, 5.41) is 5.78. The number of halogens is 1. The van der Waals surface area contributed by atoms with E-state index in [2.05, 4.69) is 10.6 Å². The largest absolute Gasteiger partial charge is 0.447 e. The highest BCUT2D eigenvalue weighted by Crippen LogP contribution is 2.24. The van der Waals surface area contributed by atoms with Gasteiger partial charge in [0.1, 0.15) is 12.4 Å². The molecule has 4 rings (SSSR count). The molecule has 0 bridgehead atoms. The molecule has 0 aliphatic carbocycles. The predicted octanol–water partition coefficient (Wildman–Crippen LogP) is 3.57. The molecule has 2 heterocycles. The van der Waals surface area contributed by atoms with Crippen LogP contribution in [0.3, 0.4) is 0 Å². The van der Waals surface area contributed by atoms with Gasteiger partial charge in [-0.1, -0.05) is 18.2 Å². The first-order chi connectivity index (χ1) is 14.1. The van der Waals surface area contributed by atoms with Gasteiger partial charge in [0.2, 0.25) is 0 Å². The van der Waals surface area contributed by atoms with E-state index >= 15 is 0 Å².